The summed E-state index contributed by atoms with van der Waals surface area (Å²) in [5.41, 5.74) is 0. The molecule has 0 radical (unpaired) electrons. The van der Waals surface area contributed by atoms with Crippen LogP contribution in [0.4, 0.5) is 0 Å². The summed E-state index contributed by atoms with van der Waals surface area (Å²) in [4.78, 5) is 14.2. The molecule has 1 unspecified atom stereocenters. The van der Waals surface area contributed by atoms with E-state index in [1.165, 1.54) is 0 Å². The third-order valence-corrected chi connectivity index (χ3v) is 3.88. The molecule has 5 nitrogen and oxygen atoms in total. The van der Waals surface area contributed by atoms with Crippen LogP contribution in [0.5, 0.6) is 5.75 Å². The minimum Gasteiger partial charge on any atom is -0.494 e. The van der Waals surface area contributed by atoms with Crippen LogP contribution in [0.3, 0.4) is 0 Å². The summed E-state index contributed by atoms with van der Waals surface area (Å²) in [7, 11) is 0. The zero-order chi connectivity index (χ0) is 16.3. The van der Waals surface area contributed by atoms with Crippen molar-refractivity contribution in [2.45, 2.75) is 19.8 Å². The summed E-state index contributed by atoms with van der Waals surface area (Å²) in [6.45, 7) is 8.12. The van der Waals surface area contributed by atoms with E-state index in [4.69, 9.17) is 9.47 Å². The van der Waals surface area contributed by atoms with E-state index in [9.17, 15) is 4.79 Å². The molecule has 1 heterocycles. The number of rotatable bonds is 9. The minimum atomic E-state index is 0.107. The number of amides is 1. The molecule has 0 saturated carbocycles. The first-order chi connectivity index (χ1) is 11.2. The number of hydrogen-bond acceptors (Lipinski definition) is 4. The van der Waals surface area contributed by atoms with Gasteiger partial charge in [0, 0.05) is 32.6 Å². The van der Waals surface area contributed by atoms with Crippen molar-refractivity contribution in [1.82, 2.24) is 10.2 Å². The first-order valence-corrected chi connectivity index (χ1v) is 8.48. The molecule has 2 rings (SSSR count). The van der Waals surface area contributed by atoms with Gasteiger partial charge in [-0.05, 0) is 24.5 Å². The van der Waals surface area contributed by atoms with Crippen molar-refractivity contribution >= 4 is 5.91 Å². The number of nitrogens with one attached hydrogen (secondary N) is 1. The van der Waals surface area contributed by atoms with Gasteiger partial charge in [0.05, 0.1) is 19.8 Å². The van der Waals surface area contributed by atoms with Crippen LogP contribution in [-0.2, 0) is 9.53 Å². The summed E-state index contributed by atoms with van der Waals surface area (Å²) in [6, 6.07) is 9.69. The zero-order valence-corrected chi connectivity index (χ0v) is 14.0. The van der Waals surface area contributed by atoms with Crippen LogP contribution in [0.2, 0.25) is 0 Å². The molecule has 1 aromatic carbocycles. The Labute approximate surface area is 139 Å². The fraction of sp³-hybridized carbons (Fsp3) is 0.611. The lowest BCUT2D eigenvalue weighted by Crippen LogP contribution is -2.41. The van der Waals surface area contributed by atoms with Crippen LogP contribution in [0.1, 0.15) is 19.8 Å². The summed E-state index contributed by atoms with van der Waals surface area (Å²) in [5.74, 6) is 1.42. The predicted molar refractivity (Wildman–Crippen MR) is 90.6 cm³/mol. The van der Waals surface area contributed by atoms with Gasteiger partial charge in [0.15, 0.2) is 0 Å². The van der Waals surface area contributed by atoms with Gasteiger partial charge < -0.3 is 14.8 Å². The number of hydrogen-bond donors (Lipinski definition) is 1. The van der Waals surface area contributed by atoms with Gasteiger partial charge in [-0.3, -0.25) is 9.69 Å². The zero-order valence-electron chi connectivity index (χ0n) is 14.0. The lowest BCUT2D eigenvalue weighted by atomic mass is 10.1. The number of ether oxygens (including phenoxy) is 2. The molecule has 0 aliphatic carbocycles. The van der Waals surface area contributed by atoms with Crippen LogP contribution in [0.25, 0.3) is 0 Å². The van der Waals surface area contributed by atoms with Crippen molar-refractivity contribution in [3.8, 4) is 5.75 Å². The lowest BCUT2D eigenvalue weighted by molar-refractivity contribution is -0.121. The Bertz CT molecular complexity index is 447. The van der Waals surface area contributed by atoms with Gasteiger partial charge in [0.25, 0.3) is 0 Å². The maximum Gasteiger partial charge on any atom is 0.220 e. The van der Waals surface area contributed by atoms with E-state index in [0.717, 1.165) is 51.6 Å². The molecule has 1 aliphatic rings. The molecule has 1 aromatic rings. The summed E-state index contributed by atoms with van der Waals surface area (Å²) >= 11 is 0. The van der Waals surface area contributed by atoms with E-state index in [2.05, 4.69) is 17.1 Å². The average molecular weight is 320 g/mol. The molecule has 23 heavy (non-hydrogen) atoms. The van der Waals surface area contributed by atoms with Crippen LogP contribution < -0.4 is 10.1 Å². The standard InChI is InChI=1S/C18H28N2O3/c1-16(15-20-9-12-22-13-10-20)14-19-18(21)8-5-11-23-17-6-3-2-4-7-17/h2-4,6-7,16H,5,8-15H2,1H3,(H,19,21). The van der Waals surface area contributed by atoms with Gasteiger partial charge in [-0.1, -0.05) is 25.1 Å². The maximum absolute atomic E-state index is 11.9. The molecule has 1 saturated heterocycles. The van der Waals surface area contributed by atoms with E-state index in [0.29, 0.717) is 18.9 Å². The second kappa shape index (κ2) is 10.2. The summed E-state index contributed by atoms with van der Waals surface area (Å²) < 4.78 is 10.9. The van der Waals surface area contributed by atoms with Gasteiger partial charge in [-0.15, -0.1) is 0 Å². The second-order valence-corrected chi connectivity index (χ2v) is 6.09. The predicted octanol–water partition coefficient (Wildman–Crippen LogP) is 1.93. The largest absolute Gasteiger partial charge is 0.494 e. The van der Waals surface area contributed by atoms with E-state index in [1.54, 1.807) is 0 Å². The molecule has 1 N–H and O–H groups in total. The average Bonchev–Trinajstić information content (AvgIpc) is 2.59. The van der Waals surface area contributed by atoms with Crippen LogP contribution in [-0.4, -0.2) is 56.8 Å². The van der Waals surface area contributed by atoms with Gasteiger partial charge in [-0.25, -0.2) is 0 Å². The smallest absolute Gasteiger partial charge is 0.220 e. The van der Waals surface area contributed by atoms with Gasteiger partial charge in [0.2, 0.25) is 5.91 Å². The Kier molecular flexibility index (Phi) is 7.90. The topological polar surface area (TPSA) is 50.8 Å². The van der Waals surface area contributed by atoms with Crippen molar-refractivity contribution in [3.05, 3.63) is 30.3 Å². The Hall–Kier alpha value is -1.59. The van der Waals surface area contributed by atoms with E-state index in [1.807, 2.05) is 30.3 Å². The van der Waals surface area contributed by atoms with Gasteiger partial charge in [-0.2, -0.15) is 0 Å². The maximum atomic E-state index is 11.9. The number of nitrogens with zero attached hydrogens (tertiary/aromatic N) is 1. The van der Waals surface area contributed by atoms with Crippen molar-refractivity contribution in [2.75, 3.05) is 46.0 Å². The highest BCUT2D eigenvalue weighted by Gasteiger charge is 2.14. The Morgan fingerprint density at radius 1 is 1.30 bits per heavy atom. The first kappa shape index (κ1) is 17.8. The highest BCUT2D eigenvalue weighted by atomic mass is 16.5. The third kappa shape index (κ3) is 7.48. The van der Waals surface area contributed by atoms with E-state index >= 15 is 0 Å². The molecule has 128 valence electrons. The Morgan fingerprint density at radius 2 is 2.04 bits per heavy atom. The van der Waals surface area contributed by atoms with Crippen LogP contribution >= 0.6 is 0 Å². The normalized spacial score (nSPS) is 16.7. The molecule has 0 aromatic heterocycles. The first-order valence-electron chi connectivity index (χ1n) is 8.48. The van der Waals surface area contributed by atoms with E-state index < -0.39 is 0 Å². The molecule has 1 atom stereocenters. The van der Waals surface area contributed by atoms with E-state index in [-0.39, 0.29) is 5.91 Å². The summed E-state index contributed by atoms with van der Waals surface area (Å²) in [5, 5.41) is 3.02. The number of carbonyl (C=O) groups excluding carboxylic acids is 1. The SMILES string of the molecule is CC(CNC(=O)CCCOc1ccccc1)CN1CCOCC1. The Morgan fingerprint density at radius 3 is 2.78 bits per heavy atom. The molecule has 5 heteroatoms. The van der Waals surface area contributed by atoms with Crippen molar-refractivity contribution in [3.63, 3.8) is 0 Å². The van der Waals surface area contributed by atoms with Gasteiger partial charge >= 0.3 is 0 Å². The molecule has 1 amide bonds. The van der Waals surface area contributed by atoms with Gasteiger partial charge in [0.1, 0.15) is 5.75 Å². The molecule has 1 aliphatic heterocycles. The monoisotopic (exact) mass is 320 g/mol. The molecule has 1 fully saturated rings. The molecule has 0 spiro atoms. The number of morpholine rings is 1. The number of carbonyl (C=O) groups is 1. The number of para-hydroxylation sites is 1. The van der Waals surface area contributed by atoms with Crippen LogP contribution in [0.15, 0.2) is 30.3 Å². The number of benzene rings is 1. The summed E-state index contributed by atoms with van der Waals surface area (Å²) in [6.07, 6.45) is 1.25. The molecule has 0 bridgehead atoms. The fourth-order valence-corrected chi connectivity index (χ4v) is 2.60. The fourth-order valence-electron chi connectivity index (χ4n) is 2.60. The highest BCUT2D eigenvalue weighted by molar-refractivity contribution is 5.75. The van der Waals surface area contributed by atoms with Crippen molar-refractivity contribution < 1.29 is 14.3 Å². The van der Waals surface area contributed by atoms with Crippen molar-refractivity contribution in [2.24, 2.45) is 5.92 Å². The van der Waals surface area contributed by atoms with Crippen LogP contribution in [0, 0.1) is 5.92 Å². The third-order valence-electron chi connectivity index (χ3n) is 3.88. The second-order valence-electron chi connectivity index (χ2n) is 6.09. The lowest BCUT2D eigenvalue weighted by Gasteiger charge is -2.29. The minimum absolute atomic E-state index is 0.107. The highest BCUT2D eigenvalue weighted by Crippen LogP contribution is 2.08. The Balaban J connectivity index is 1.50. The quantitative estimate of drug-likeness (QED) is 0.707. The van der Waals surface area contributed by atoms with Crippen molar-refractivity contribution in [1.29, 1.82) is 0 Å². The molecular formula is C18H28N2O3. The molecular weight excluding hydrogens is 292 g/mol.